The van der Waals surface area contributed by atoms with Crippen LogP contribution in [0.1, 0.15) is 34.5 Å². The van der Waals surface area contributed by atoms with Gasteiger partial charge in [-0.25, -0.2) is 0 Å². The summed E-state index contributed by atoms with van der Waals surface area (Å²) in [6.07, 6.45) is 0. The molecule has 0 saturated heterocycles. The minimum atomic E-state index is -0.156. The summed E-state index contributed by atoms with van der Waals surface area (Å²) in [5.74, 6) is -0.121. The van der Waals surface area contributed by atoms with Gasteiger partial charge in [-0.3, -0.25) is 4.79 Å². The van der Waals surface area contributed by atoms with E-state index in [4.69, 9.17) is 23.2 Å². The van der Waals surface area contributed by atoms with Crippen LogP contribution in [-0.4, -0.2) is 5.91 Å². The van der Waals surface area contributed by atoms with E-state index in [9.17, 15) is 4.79 Å². The minimum Gasteiger partial charge on any atom is -0.346 e. The van der Waals surface area contributed by atoms with Crippen LogP contribution in [0.25, 0.3) is 0 Å². The maximum Gasteiger partial charge on any atom is 0.251 e. The van der Waals surface area contributed by atoms with Crippen LogP contribution in [0.15, 0.2) is 40.9 Å². The van der Waals surface area contributed by atoms with Crippen LogP contribution in [0.4, 0.5) is 0 Å². The van der Waals surface area contributed by atoms with Crippen molar-refractivity contribution >= 4 is 45.0 Å². The molecule has 1 amide bonds. The van der Waals surface area contributed by atoms with Crippen LogP contribution in [0.3, 0.4) is 0 Å². The summed E-state index contributed by atoms with van der Waals surface area (Å²) in [4.78, 5) is 12.3. The number of amides is 1. The third-order valence-corrected chi connectivity index (χ3v) is 4.84. The summed E-state index contributed by atoms with van der Waals surface area (Å²) in [7, 11) is 0. The average Bonchev–Trinajstić information content (AvgIpc) is 2.44. The topological polar surface area (TPSA) is 29.1 Å². The molecule has 1 N–H and O–H groups in total. The van der Waals surface area contributed by atoms with E-state index < -0.39 is 0 Å². The Morgan fingerprint density at radius 2 is 1.86 bits per heavy atom. The Labute approximate surface area is 142 Å². The molecule has 0 aliphatic carbocycles. The third-order valence-electron chi connectivity index (χ3n) is 3.21. The fraction of sp³-hybridized carbons (Fsp3) is 0.188. The molecule has 0 saturated carbocycles. The second-order valence-electron chi connectivity index (χ2n) is 4.83. The molecule has 110 valence electrons. The SMILES string of the molecule is Cc1cc(C(=O)NC(C)c2ccc(Cl)c(Cl)c2)ccc1Br. The average molecular weight is 387 g/mol. The second-order valence-corrected chi connectivity index (χ2v) is 6.50. The van der Waals surface area contributed by atoms with Gasteiger partial charge >= 0.3 is 0 Å². The Morgan fingerprint density at radius 1 is 1.14 bits per heavy atom. The highest BCUT2D eigenvalue weighted by Gasteiger charge is 2.13. The molecule has 21 heavy (non-hydrogen) atoms. The number of rotatable bonds is 3. The molecule has 0 fully saturated rings. The molecule has 0 aliphatic rings. The molecule has 2 rings (SSSR count). The van der Waals surface area contributed by atoms with Crippen molar-refractivity contribution < 1.29 is 4.79 Å². The summed E-state index contributed by atoms with van der Waals surface area (Å²) < 4.78 is 0.983. The van der Waals surface area contributed by atoms with E-state index in [-0.39, 0.29) is 11.9 Å². The number of carbonyl (C=O) groups excluding carboxylic acids is 1. The number of halogens is 3. The van der Waals surface area contributed by atoms with E-state index >= 15 is 0 Å². The van der Waals surface area contributed by atoms with E-state index in [2.05, 4.69) is 21.2 Å². The quantitative estimate of drug-likeness (QED) is 0.735. The largest absolute Gasteiger partial charge is 0.346 e. The zero-order chi connectivity index (χ0) is 15.6. The molecule has 0 aromatic heterocycles. The first-order valence-electron chi connectivity index (χ1n) is 6.40. The normalized spacial score (nSPS) is 12.0. The highest BCUT2D eigenvalue weighted by molar-refractivity contribution is 9.10. The molecule has 2 nitrogen and oxygen atoms in total. The first-order valence-corrected chi connectivity index (χ1v) is 7.95. The molecule has 2 aromatic rings. The molecule has 5 heteroatoms. The predicted molar refractivity (Wildman–Crippen MR) is 91.2 cm³/mol. The first kappa shape index (κ1) is 16.3. The van der Waals surface area contributed by atoms with Crippen molar-refractivity contribution in [3.8, 4) is 0 Å². The summed E-state index contributed by atoms with van der Waals surface area (Å²) in [5, 5.41) is 3.93. The molecule has 2 aromatic carbocycles. The molecular weight excluding hydrogens is 373 g/mol. The number of benzene rings is 2. The van der Waals surface area contributed by atoms with Gasteiger partial charge in [0.05, 0.1) is 16.1 Å². The van der Waals surface area contributed by atoms with Gasteiger partial charge in [-0.1, -0.05) is 45.2 Å². The molecule has 1 atom stereocenters. The van der Waals surface area contributed by atoms with Crippen molar-refractivity contribution in [3.05, 3.63) is 67.6 Å². The summed E-state index contributed by atoms with van der Waals surface area (Å²) in [6.45, 7) is 3.85. The van der Waals surface area contributed by atoms with Crippen LogP contribution in [-0.2, 0) is 0 Å². The van der Waals surface area contributed by atoms with Gasteiger partial charge in [-0.2, -0.15) is 0 Å². The maximum absolute atomic E-state index is 12.3. The number of nitrogens with one attached hydrogen (secondary N) is 1. The van der Waals surface area contributed by atoms with Crippen LogP contribution in [0.2, 0.25) is 10.0 Å². The third kappa shape index (κ3) is 4.00. The van der Waals surface area contributed by atoms with Crippen molar-refractivity contribution in [2.45, 2.75) is 19.9 Å². The highest BCUT2D eigenvalue weighted by Crippen LogP contribution is 2.26. The van der Waals surface area contributed by atoms with Crippen LogP contribution in [0.5, 0.6) is 0 Å². The Kier molecular flexibility index (Phi) is 5.31. The molecule has 0 bridgehead atoms. The van der Waals surface area contributed by atoms with E-state index in [1.807, 2.05) is 32.0 Å². The summed E-state index contributed by atoms with van der Waals surface area (Å²) in [6, 6.07) is 10.7. The molecule has 0 radical (unpaired) electrons. The van der Waals surface area contributed by atoms with E-state index in [0.717, 1.165) is 15.6 Å². The number of hydrogen-bond acceptors (Lipinski definition) is 1. The zero-order valence-electron chi connectivity index (χ0n) is 11.6. The Balaban J connectivity index is 2.14. The van der Waals surface area contributed by atoms with Crippen molar-refractivity contribution in [3.63, 3.8) is 0 Å². The van der Waals surface area contributed by atoms with Crippen LogP contribution < -0.4 is 5.32 Å². The molecule has 0 spiro atoms. The van der Waals surface area contributed by atoms with Gasteiger partial charge in [0.25, 0.3) is 5.91 Å². The van der Waals surface area contributed by atoms with Crippen molar-refractivity contribution in [1.29, 1.82) is 0 Å². The number of aryl methyl sites for hydroxylation is 1. The van der Waals surface area contributed by atoms with Gasteiger partial charge in [0.1, 0.15) is 0 Å². The minimum absolute atomic E-state index is 0.121. The van der Waals surface area contributed by atoms with E-state index in [1.165, 1.54) is 0 Å². The second kappa shape index (κ2) is 6.82. The first-order chi connectivity index (χ1) is 9.88. The van der Waals surface area contributed by atoms with E-state index in [0.29, 0.717) is 15.6 Å². The van der Waals surface area contributed by atoms with Gasteiger partial charge < -0.3 is 5.32 Å². The van der Waals surface area contributed by atoms with Crippen molar-refractivity contribution in [2.75, 3.05) is 0 Å². The van der Waals surface area contributed by atoms with Gasteiger partial charge in [0.2, 0.25) is 0 Å². The smallest absolute Gasteiger partial charge is 0.251 e. The maximum atomic E-state index is 12.3. The zero-order valence-corrected chi connectivity index (χ0v) is 14.7. The van der Waals surface area contributed by atoms with Crippen LogP contribution in [0, 0.1) is 6.92 Å². The molecular formula is C16H14BrCl2NO. The summed E-state index contributed by atoms with van der Waals surface area (Å²) >= 11 is 15.3. The lowest BCUT2D eigenvalue weighted by atomic mass is 10.1. The Hall–Kier alpha value is -1.03. The fourth-order valence-corrected chi connectivity index (χ4v) is 2.48. The number of carbonyl (C=O) groups is 1. The molecule has 0 heterocycles. The molecule has 1 unspecified atom stereocenters. The summed E-state index contributed by atoms with van der Waals surface area (Å²) in [5.41, 5.74) is 2.55. The predicted octanol–water partition coefficient (Wildman–Crippen LogP) is 5.56. The van der Waals surface area contributed by atoms with Gasteiger partial charge in [-0.15, -0.1) is 0 Å². The lowest BCUT2D eigenvalue weighted by molar-refractivity contribution is 0.0940. The van der Waals surface area contributed by atoms with Gasteiger partial charge in [-0.05, 0) is 55.3 Å². The number of hydrogen-bond donors (Lipinski definition) is 1. The standard InChI is InChI=1S/C16H14BrCl2NO/c1-9-7-12(3-5-13(9)17)16(21)20-10(2)11-4-6-14(18)15(19)8-11/h3-8,10H,1-2H3,(H,20,21). The van der Waals surface area contributed by atoms with E-state index in [1.54, 1.807) is 18.2 Å². The fourth-order valence-electron chi connectivity index (χ4n) is 1.93. The Bertz CT molecular complexity index is 688. The Morgan fingerprint density at radius 3 is 2.48 bits per heavy atom. The van der Waals surface area contributed by atoms with Crippen molar-refractivity contribution in [1.82, 2.24) is 5.32 Å². The van der Waals surface area contributed by atoms with Crippen LogP contribution >= 0.6 is 39.1 Å². The lowest BCUT2D eigenvalue weighted by Crippen LogP contribution is -2.26. The lowest BCUT2D eigenvalue weighted by Gasteiger charge is -2.15. The van der Waals surface area contributed by atoms with Crippen molar-refractivity contribution in [2.24, 2.45) is 0 Å². The highest BCUT2D eigenvalue weighted by atomic mass is 79.9. The monoisotopic (exact) mass is 385 g/mol. The van der Waals surface area contributed by atoms with Gasteiger partial charge in [0, 0.05) is 10.0 Å². The molecule has 0 aliphatic heterocycles. The van der Waals surface area contributed by atoms with Gasteiger partial charge in [0.15, 0.2) is 0 Å².